The highest BCUT2D eigenvalue weighted by Gasteiger charge is 2.25. The molecule has 1 saturated heterocycles. The quantitative estimate of drug-likeness (QED) is 0.739. The van der Waals surface area contributed by atoms with Gasteiger partial charge in [0.25, 0.3) is 0 Å². The Bertz CT molecular complexity index is 635. The summed E-state index contributed by atoms with van der Waals surface area (Å²) < 4.78 is 5.42. The average Bonchev–Trinajstić information content (AvgIpc) is 2.61. The Kier molecular flexibility index (Phi) is 7.74. The topological polar surface area (TPSA) is 82.4 Å². The number of amides is 1. The second kappa shape index (κ2) is 9.80. The highest BCUT2D eigenvalue weighted by atomic mass is 16.6. The predicted octanol–water partition coefficient (Wildman–Crippen LogP) is 2.93. The van der Waals surface area contributed by atoms with Crippen LogP contribution in [0.3, 0.4) is 0 Å². The first kappa shape index (κ1) is 21.3. The number of nitrogens with zero attached hydrogens (tertiary/aromatic N) is 3. The van der Waals surface area contributed by atoms with E-state index in [9.17, 15) is 14.8 Å². The molecule has 27 heavy (non-hydrogen) atoms. The van der Waals surface area contributed by atoms with E-state index in [1.54, 1.807) is 4.90 Å². The maximum Gasteiger partial charge on any atom is 0.410 e. The number of carbonyl (C=O) groups is 1. The summed E-state index contributed by atoms with van der Waals surface area (Å²) in [6.45, 7) is 9.74. The van der Waals surface area contributed by atoms with Crippen molar-refractivity contribution in [3.63, 3.8) is 0 Å². The number of benzene rings is 1. The fourth-order valence-electron chi connectivity index (χ4n) is 3.23. The summed E-state index contributed by atoms with van der Waals surface area (Å²) >= 11 is 0. The molecular formula is C20H31N3O4. The zero-order valence-electron chi connectivity index (χ0n) is 16.6. The van der Waals surface area contributed by atoms with Crippen LogP contribution in [0.4, 0.5) is 4.79 Å². The largest absolute Gasteiger partial charge is 0.444 e. The number of ether oxygens (including phenoxy) is 1. The van der Waals surface area contributed by atoms with Gasteiger partial charge in [0.2, 0.25) is 0 Å². The van der Waals surface area contributed by atoms with Gasteiger partial charge in [-0.15, -0.1) is 0 Å². The van der Waals surface area contributed by atoms with Crippen LogP contribution < -0.4 is 0 Å². The van der Waals surface area contributed by atoms with Crippen molar-refractivity contribution in [1.82, 2.24) is 9.80 Å². The molecule has 1 fully saturated rings. The van der Waals surface area contributed by atoms with E-state index in [0.717, 1.165) is 49.2 Å². The number of aliphatic hydroxyl groups excluding tert-OH is 1. The molecule has 1 aromatic carbocycles. The van der Waals surface area contributed by atoms with Gasteiger partial charge in [0.1, 0.15) is 12.1 Å². The lowest BCUT2D eigenvalue weighted by Gasteiger charge is -2.35. The highest BCUT2D eigenvalue weighted by Crippen LogP contribution is 2.15. The maximum atomic E-state index is 12.1. The Morgan fingerprint density at radius 1 is 1.11 bits per heavy atom. The summed E-state index contributed by atoms with van der Waals surface area (Å²) in [5, 5.41) is 12.3. The monoisotopic (exact) mass is 377 g/mol. The summed E-state index contributed by atoms with van der Waals surface area (Å²) in [5.74, 6) is 0. The van der Waals surface area contributed by atoms with E-state index >= 15 is 0 Å². The predicted molar refractivity (Wildman–Crippen MR) is 104 cm³/mol. The van der Waals surface area contributed by atoms with Gasteiger partial charge in [-0.25, -0.2) is 4.79 Å². The first-order chi connectivity index (χ1) is 12.8. The molecule has 7 nitrogen and oxygen atoms in total. The Morgan fingerprint density at radius 2 is 1.74 bits per heavy atom. The van der Waals surface area contributed by atoms with Crippen LogP contribution in [0, 0.1) is 4.91 Å². The summed E-state index contributed by atoms with van der Waals surface area (Å²) in [5.41, 5.74) is 2.32. The average molecular weight is 377 g/mol. The number of nitroso groups, excluding NO2 is 1. The van der Waals surface area contributed by atoms with Gasteiger partial charge in [-0.05, 0) is 56.8 Å². The summed E-state index contributed by atoms with van der Waals surface area (Å²) in [7, 11) is 0. The molecule has 0 unspecified atom stereocenters. The standard InChI is InChI=1S/C20H31N3O4/c1-20(2,3)27-19(25)23-9-7-22(8-10-23)6-4-5-16-11-17(14-21-26)13-18(12-16)15-24/h11-13,24H,4-10,14-15H2,1-3H3. The number of rotatable bonds is 7. The van der Waals surface area contributed by atoms with Crippen molar-refractivity contribution in [1.29, 1.82) is 0 Å². The Labute approximate surface area is 161 Å². The SMILES string of the molecule is CC(C)(C)OC(=O)N1CCN(CCCc2cc(CO)cc(CN=O)c2)CC1. The first-order valence-electron chi connectivity index (χ1n) is 9.52. The number of piperazine rings is 1. The minimum atomic E-state index is -0.463. The number of aliphatic hydroxyl groups is 1. The maximum absolute atomic E-state index is 12.1. The second-order valence-corrected chi connectivity index (χ2v) is 8.02. The zero-order chi connectivity index (χ0) is 19.9. The van der Waals surface area contributed by atoms with E-state index in [0.29, 0.717) is 13.1 Å². The van der Waals surface area contributed by atoms with Crippen LogP contribution in [0.25, 0.3) is 0 Å². The Morgan fingerprint density at radius 3 is 2.33 bits per heavy atom. The molecule has 0 spiro atoms. The Balaban J connectivity index is 1.76. The van der Waals surface area contributed by atoms with Crippen molar-refractivity contribution in [3.8, 4) is 0 Å². The van der Waals surface area contributed by atoms with Gasteiger partial charge in [0.15, 0.2) is 0 Å². The van der Waals surface area contributed by atoms with Crippen LogP contribution in [-0.2, 0) is 24.3 Å². The van der Waals surface area contributed by atoms with Crippen LogP contribution in [0.2, 0.25) is 0 Å². The van der Waals surface area contributed by atoms with Crippen molar-refractivity contribution in [3.05, 3.63) is 39.8 Å². The third-order valence-corrected chi connectivity index (χ3v) is 4.51. The molecule has 0 aliphatic carbocycles. The third kappa shape index (κ3) is 7.27. The van der Waals surface area contributed by atoms with E-state index in [4.69, 9.17) is 4.74 Å². The molecule has 1 aliphatic heterocycles. The molecule has 0 radical (unpaired) electrons. The summed E-state index contributed by atoms with van der Waals surface area (Å²) in [6, 6.07) is 5.79. The van der Waals surface area contributed by atoms with E-state index in [2.05, 4.69) is 10.1 Å². The molecular weight excluding hydrogens is 346 g/mol. The lowest BCUT2D eigenvalue weighted by Crippen LogP contribution is -2.50. The fourth-order valence-corrected chi connectivity index (χ4v) is 3.23. The van der Waals surface area contributed by atoms with Gasteiger partial charge >= 0.3 is 6.09 Å². The van der Waals surface area contributed by atoms with Gasteiger partial charge in [-0.2, -0.15) is 4.91 Å². The second-order valence-electron chi connectivity index (χ2n) is 8.02. The lowest BCUT2D eigenvalue weighted by molar-refractivity contribution is 0.0144. The lowest BCUT2D eigenvalue weighted by atomic mass is 10.0. The number of aryl methyl sites for hydroxylation is 1. The van der Waals surface area contributed by atoms with E-state index in [-0.39, 0.29) is 19.2 Å². The Hall–Kier alpha value is -1.99. The minimum Gasteiger partial charge on any atom is -0.444 e. The molecule has 1 N–H and O–H groups in total. The van der Waals surface area contributed by atoms with Crippen LogP contribution >= 0.6 is 0 Å². The van der Waals surface area contributed by atoms with Crippen molar-refractivity contribution >= 4 is 6.09 Å². The fraction of sp³-hybridized carbons (Fsp3) is 0.650. The molecule has 1 heterocycles. The molecule has 0 atom stereocenters. The number of hydrogen-bond acceptors (Lipinski definition) is 6. The molecule has 0 saturated carbocycles. The van der Waals surface area contributed by atoms with E-state index < -0.39 is 5.60 Å². The van der Waals surface area contributed by atoms with Gasteiger partial charge < -0.3 is 14.7 Å². The van der Waals surface area contributed by atoms with Crippen molar-refractivity contribution < 1.29 is 14.6 Å². The molecule has 7 heteroatoms. The van der Waals surface area contributed by atoms with E-state index in [1.165, 1.54) is 0 Å². The molecule has 2 rings (SSSR count). The smallest absolute Gasteiger partial charge is 0.410 e. The molecule has 1 aliphatic rings. The first-order valence-corrected chi connectivity index (χ1v) is 9.52. The van der Waals surface area contributed by atoms with Crippen LogP contribution in [0.1, 0.15) is 43.9 Å². The molecule has 0 bridgehead atoms. The highest BCUT2D eigenvalue weighted by molar-refractivity contribution is 5.68. The van der Waals surface area contributed by atoms with Crippen molar-refractivity contribution in [2.24, 2.45) is 5.18 Å². The summed E-state index contributed by atoms with van der Waals surface area (Å²) in [4.78, 5) is 26.7. The van der Waals surface area contributed by atoms with E-state index in [1.807, 2.05) is 39.0 Å². The molecule has 150 valence electrons. The zero-order valence-corrected chi connectivity index (χ0v) is 16.6. The van der Waals surface area contributed by atoms with Gasteiger partial charge in [-0.1, -0.05) is 23.4 Å². The minimum absolute atomic E-state index is 0.0354. The van der Waals surface area contributed by atoms with Gasteiger partial charge in [-0.3, -0.25) is 4.90 Å². The number of hydrogen-bond donors (Lipinski definition) is 1. The number of carbonyl (C=O) groups excluding carboxylic acids is 1. The van der Waals surface area contributed by atoms with Crippen molar-refractivity contribution in [2.45, 2.75) is 52.4 Å². The van der Waals surface area contributed by atoms with Crippen LogP contribution in [0.5, 0.6) is 0 Å². The molecule has 1 aromatic rings. The van der Waals surface area contributed by atoms with Crippen molar-refractivity contribution in [2.75, 3.05) is 32.7 Å². The van der Waals surface area contributed by atoms with Crippen LogP contribution in [0.15, 0.2) is 23.4 Å². The molecule has 0 aromatic heterocycles. The van der Waals surface area contributed by atoms with Gasteiger partial charge in [0, 0.05) is 26.2 Å². The summed E-state index contributed by atoms with van der Waals surface area (Å²) in [6.07, 6.45) is 1.63. The van der Waals surface area contributed by atoms with Crippen LogP contribution in [-0.4, -0.2) is 59.3 Å². The molecule has 1 amide bonds. The normalized spacial score (nSPS) is 15.6. The third-order valence-electron chi connectivity index (χ3n) is 4.51. The van der Waals surface area contributed by atoms with Gasteiger partial charge in [0.05, 0.1) is 6.61 Å².